The smallest absolute Gasteiger partial charge is 0.321 e. The van der Waals surface area contributed by atoms with Gasteiger partial charge in [-0.25, -0.2) is 4.79 Å². The lowest BCUT2D eigenvalue weighted by Crippen LogP contribution is -2.44. The molecule has 1 aliphatic heterocycles. The van der Waals surface area contributed by atoms with E-state index in [0.717, 1.165) is 31.6 Å². The molecule has 0 aliphatic carbocycles. The minimum Gasteiger partial charge on any atom is -0.330 e. The highest BCUT2D eigenvalue weighted by Gasteiger charge is 2.22. The summed E-state index contributed by atoms with van der Waals surface area (Å²) < 4.78 is 0. The fraction of sp³-hybridized carbons (Fsp3) is 0.462. The minimum atomic E-state index is -0.0191. The minimum absolute atomic E-state index is 0.0191. The number of rotatable bonds is 2. The Bertz CT molecular complexity index is 366. The predicted octanol–water partition coefficient (Wildman–Crippen LogP) is 1.89. The first-order valence-electron chi connectivity index (χ1n) is 6.10. The third-order valence-electron chi connectivity index (χ3n) is 3.16. The summed E-state index contributed by atoms with van der Waals surface area (Å²) >= 11 is 0. The molecule has 1 aromatic rings. The molecule has 4 heteroatoms. The number of hydrogen-bond acceptors (Lipinski definition) is 2. The van der Waals surface area contributed by atoms with Crippen molar-refractivity contribution < 1.29 is 4.79 Å². The van der Waals surface area contributed by atoms with Crippen molar-refractivity contribution in [3.8, 4) is 0 Å². The van der Waals surface area contributed by atoms with Crippen molar-refractivity contribution in [1.29, 1.82) is 0 Å². The van der Waals surface area contributed by atoms with Gasteiger partial charge in [-0.05, 0) is 37.4 Å². The maximum Gasteiger partial charge on any atom is 0.321 e. The molecule has 92 valence electrons. The third kappa shape index (κ3) is 3.20. The van der Waals surface area contributed by atoms with Crippen molar-refractivity contribution in [3.05, 3.63) is 30.3 Å². The van der Waals surface area contributed by atoms with Gasteiger partial charge in [0.1, 0.15) is 0 Å². The van der Waals surface area contributed by atoms with Crippen molar-refractivity contribution in [1.82, 2.24) is 4.90 Å². The van der Waals surface area contributed by atoms with E-state index in [4.69, 9.17) is 5.73 Å². The van der Waals surface area contributed by atoms with Crippen LogP contribution in [0.5, 0.6) is 0 Å². The van der Waals surface area contributed by atoms with Crippen molar-refractivity contribution in [3.63, 3.8) is 0 Å². The lowest BCUT2D eigenvalue weighted by Gasteiger charge is -2.32. The Balaban J connectivity index is 1.91. The summed E-state index contributed by atoms with van der Waals surface area (Å²) in [7, 11) is 0. The van der Waals surface area contributed by atoms with Crippen molar-refractivity contribution in [2.24, 2.45) is 11.7 Å². The summed E-state index contributed by atoms with van der Waals surface area (Å²) in [4.78, 5) is 13.9. The van der Waals surface area contributed by atoms with Crippen LogP contribution in [0.1, 0.15) is 12.8 Å². The number of nitrogens with two attached hydrogens (primary N) is 1. The number of carbonyl (C=O) groups excluding carboxylic acids is 1. The van der Waals surface area contributed by atoms with Gasteiger partial charge in [0.25, 0.3) is 0 Å². The Hall–Kier alpha value is -1.55. The molecule has 0 radical (unpaired) electrons. The molecule has 2 rings (SSSR count). The van der Waals surface area contributed by atoms with Gasteiger partial charge >= 0.3 is 6.03 Å². The van der Waals surface area contributed by atoms with E-state index in [9.17, 15) is 4.79 Å². The van der Waals surface area contributed by atoms with Gasteiger partial charge in [-0.15, -0.1) is 0 Å². The van der Waals surface area contributed by atoms with E-state index in [-0.39, 0.29) is 6.03 Å². The van der Waals surface area contributed by atoms with Gasteiger partial charge in [-0.1, -0.05) is 18.2 Å². The molecular formula is C13H19N3O. The molecule has 0 aromatic heterocycles. The second-order valence-corrected chi connectivity index (χ2v) is 4.49. The number of likely N-dealkylation sites (tertiary alicyclic amines) is 1. The van der Waals surface area contributed by atoms with Gasteiger partial charge in [0.05, 0.1) is 0 Å². The zero-order valence-electron chi connectivity index (χ0n) is 9.93. The van der Waals surface area contributed by atoms with Crippen LogP contribution in [0.4, 0.5) is 10.5 Å². The second kappa shape index (κ2) is 5.68. The van der Waals surface area contributed by atoms with Crippen LogP contribution in [0.15, 0.2) is 30.3 Å². The molecule has 1 heterocycles. The number of piperidine rings is 1. The number of nitrogens with one attached hydrogen (secondary N) is 1. The Labute approximate surface area is 102 Å². The number of amides is 2. The zero-order chi connectivity index (χ0) is 12.1. The van der Waals surface area contributed by atoms with Gasteiger partial charge in [-0.3, -0.25) is 0 Å². The van der Waals surface area contributed by atoms with Crippen molar-refractivity contribution >= 4 is 11.7 Å². The Morgan fingerprint density at radius 2 is 2.18 bits per heavy atom. The van der Waals surface area contributed by atoms with E-state index < -0.39 is 0 Å². The highest BCUT2D eigenvalue weighted by atomic mass is 16.2. The van der Waals surface area contributed by atoms with Crippen LogP contribution in [-0.4, -0.2) is 30.6 Å². The third-order valence-corrected chi connectivity index (χ3v) is 3.16. The molecule has 2 amide bonds. The van der Waals surface area contributed by atoms with Crippen LogP contribution in [0.25, 0.3) is 0 Å². The molecule has 1 saturated heterocycles. The molecule has 0 spiro atoms. The average molecular weight is 233 g/mol. The van der Waals surface area contributed by atoms with E-state index >= 15 is 0 Å². The molecule has 0 saturated carbocycles. The molecule has 4 nitrogen and oxygen atoms in total. The lowest BCUT2D eigenvalue weighted by atomic mass is 9.99. The van der Waals surface area contributed by atoms with E-state index in [0.29, 0.717) is 12.5 Å². The molecule has 1 unspecified atom stereocenters. The number of nitrogens with zero attached hydrogens (tertiary/aromatic N) is 1. The topological polar surface area (TPSA) is 58.4 Å². The van der Waals surface area contributed by atoms with Gasteiger partial charge in [0.15, 0.2) is 0 Å². The predicted molar refractivity (Wildman–Crippen MR) is 68.8 cm³/mol. The monoisotopic (exact) mass is 233 g/mol. The first-order valence-corrected chi connectivity index (χ1v) is 6.10. The molecule has 1 atom stereocenters. The number of hydrogen-bond donors (Lipinski definition) is 2. The quantitative estimate of drug-likeness (QED) is 0.819. The van der Waals surface area contributed by atoms with E-state index in [1.54, 1.807) is 0 Å². The summed E-state index contributed by atoms with van der Waals surface area (Å²) in [6.07, 6.45) is 2.18. The standard InChI is InChI=1S/C13H19N3O/c14-9-11-5-4-8-16(10-11)13(17)15-12-6-2-1-3-7-12/h1-3,6-7,11H,4-5,8-10,14H2,(H,15,17). The van der Waals surface area contributed by atoms with Crippen LogP contribution in [0.3, 0.4) is 0 Å². The molecular weight excluding hydrogens is 214 g/mol. The Kier molecular flexibility index (Phi) is 3.98. The van der Waals surface area contributed by atoms with Crippen LogP contribution >= 0.6 is 0 Å². The van der Waals surface area contributed by atoms with Gasteiger partial charge < -0.3 is 16.0 Å². The largest absolute Gasteiger partial charge is 0.330 e. The number of carbonyl (C=O) groups is 1. The molecule has 0 bridgehead atoms. The fourth-order valence-corrected chi connectivity index (χ4v) is 2.17. The van der Waals surface area contributed by atoms with E-state index in [2.05, 4.69) is 5.32 Å². The summed E-state index contributed by atoms with van der Waals surface area (Å²) in [5.41, 5.74) is 6.50. The first-order chi connectivity index (χ1) is 8.29. The maximum atomic E-state index is 12.0. The Morgan fingerprint density at radius 1 is 1.41 bits per heavy atom. The summed E-state index contributed by atoms with van der Waals surface area (Å²) in [6, 6.07) is 9.52. The van der Waals surface area contributed by atoms with E-state index in [1.807, 2.05) is 35.2 Å². The van der Waals surface area contributed by atoms with E-state index in [1.165, 1.54) is 0 Å². The number of para-hydroxylation sites is 1. The normalized spacial score (nSPS) is 20.1. The van der Waals surface area contributed by atoms with Gasteiger partial charge in [0.2, 0.25) is 0 Å². The summed E-state index contributed by atoms with van der Waals surface area (Å²) in [6.45, 7) is 2.26. The van der Waals surface area contributed by atoms with Crippen molar-refractivity contribution in [2.75, 3.05) is 25.0 Å². The highest BCUT2D eigenvalue weighted by Crippen LogP contribution is 2.16. The van der Waals surface area contributed by atoms with Crippen LogP contribution < -0.4 is 11.1 Å². The zero-order valence-corrected chi connectivity index (χ0v) is 9.93. The van der Waals surface area contributed by atoms with Gasteiger partial charge in [-0.2, -0.15) is 0 Å². The molecule has 1 aromatic carbocycles. The van der Waals surface area contributed by atoms with Gasteiger partial charge in [0, 0.05) is 18.8 Å². The molecule has 1 fully saturated rings. The second-order valence-electron chi connectivity index (χ2n) is 4.49. The lowest BCUT2D eigenvalue weighted by molar-refractivity contribution is 0.179. The number of benzene rings is 1. The summed E-state index contributed by atoms with van der Waals surface area (Å²) in [5.74, 6) is 0.449. The average Bonchev–Trinajstić information content (AvgIpc) is 2.40. The number of anilines is 1. The highest BCUT2D eigenvalue weighted by molar-refractivity contribution is 5.89. The maximum absolute atomic E-state index is 12.0. The molecule has 17 heavy (non-hydrogen) atoms. The molecule has 3 N–H and O–H groups in total. The molecule has 1 aliphatic rings. The first kappa shape index (κ1) is 11.9. The summed E-state index contributed by atoms with van der Waals surface area (Å²) in [5, 5.41) is 2.90. The van der Waals surface area contributed by atoms with Crippen LogP contribution in [0, 0.1) is 5.92 Å². The Morgan fingerprint density at radius 3 is 2.88 bits per heavy atom. The van der Waals surface area contributed by atoms with Crippen LogP contribution in [0.2, 0.25) is 0 Å². The number of urea groups is 1. The van der Waals surface area contributed by atoms with Crippen LogP contribution in [-0.2, 0) is 0 Å². The fourth-order valence-electron chi connectivity index (χ4n) is 2.17. The SMILES string of the molecule is NCC1CCCN(C(=O)Nc2ccccc2)C1. The van der Waals surface area contributed by atoms with Crippen molar-refractivity contribution in [2.45, 2.75) is 12.8 Å².